The molecular formula is C18H19N3OS2. The second kappa shape index (κ2) is 7.01. The summed E-state index contributed by atoms with van der Waals surface area (Å²) in [5.74, 6) is 0.244. The maximum Gasteiger partial charge on any atom is 0.227 e. The molecule has 0 spiro atoms. The van der Waals surface area contributed by atoms with Crippen molar-refractivity contribution in [1.29, 1.82) is 0 Å². The number of benzene rings is 1. The van der Waals surface area contributed by atoms with Crippen molar-refractivity contribution in [3.05, 3.63) is 51.7 Å². The van der Waals surface area contributed by atoms with Crippen LogP contribution < -0.4 is 0 Å². The molecule has 6 heteroatoms. The number of hydrogen-bond acceptors (Lipinski definition) is 5. The smallest absolute Gasteiger partial charge is 0.227 e. The average Bonchev–Trinajstić information content (AvgIpc) is 3.24. The molecule has 24 heavy (non-hydrogen) atoms. The van der Waals surface area contributed by atoms with Crippen LogP contribution in [0.1, 0.15) is 10.6 Å². The van der Waals surface area contributed by atoms with E-state index in [1.54, 1.807) is 22.7 Å². The van der Waals surface area contributed by atoms with Crippen LogP contribution in [-0.2, 0) is 17.8 Å². The quantitative estimate of drug-likeness (QED) is 0.719. The van der Waals surface area contributed by atoms with Gasteiger partial charge in [-0.3, -0.25) is 9.69 Å². The summed E-state index contributed by atoms with van der Waals surface area (Å²) in [6, 6.07) is 10.3. The average molecular weight is 358 g/mol. The molecule has 2 aromatic heterocycles. The second-order valence-corrected chi connectivity index (χ2v) is 7.94. The van der Waals surface area contributed by atoms with E-state index >= 15 is 0 Å². The first-order valence-corrected chi connectivity index (χ1v) is 9.89. The summed E-state index contributed by atoms with van der Waals surface area (Å²) in [6.07, 6.45) is 0.529. The second-order valence-electron chi connectivity index (χ2n) is 6.04. The van der Waals surface area contributed by atoms with Crippen LogP contribution in [0.4, 0.5) is 0 Å². The van der Waals surface area contributed by atoms with Crippen molar-refractivity contribution in [3.63, 3.8) is 0 Å². The molecule has 1 aliphatic heterocycles. The molecule has 1 amide bonds. The lowest BCUT2D eigenvalue weighted by Crippen LogP contribution is -2.48. The van der Waals surface area contributed by atoms with Crippen LogP contribution in [0.25, 0.3) is 10.2 Å². The summed E-state index contributed by atoms with van der Waals surface area (Å²) in [5.41, 5.74) is 2.21. The molecule has 3 aromatic rings. The molecule has 1 saturated heterocycles. The van der Waals surface area contributed by atoms with E-state index in [1.807, 2.05) is 22.4 Å². The molecule has 1 fully saturated rings. The van der Waals surface area contributed by atoms with E-state index in [9.17, 15) is 4.79 Å². The summed E-state index contributed by atoms with van der Waals surface area (Å²) >= 11 is 3.42. The minimum absolute atomic E-state index is 0.244. The Bertz CT molecular complexity index is 787. The van der Waals surface area contributed by atoms with E-state index in [0.29, 0.717) is 6.42 Å². The molecule has 0 saturated carbocycles. The van der Waals surface area contributed by atoms with Gasteiger partial charge in [-0.15, -0.1) is 11.3 Å². The van der Waals surface area contributed by atoms with E-state index in [-0.39, 0.29) is 5.91 Å². The molecule has 124 valence electrons. The largest absolute Gasteiger partial charge is 0.340 e. The number of para-hydroxylation sites is 1. The van der Waals surface area contributed by atoms with E-state index in [4.69, 9.17) is 4.98 Å². The van der Waals surface area contributed by atoms with Crippen LogP contribution in [0.5, 0.6) is 0 Å². The van der Waals surface area contributed by atoms with Crippen molar-refractivity contribution in [2.75, 3.05) is 26.2 Å². The van der Waals surface area contributed by atoms with Crippen molar-refractivity contribution in [1.82, 2.24) is 14.8 Å². The number of piperazine rings is 1. The monoisotopic (exact) mass is 357 g/mol. The lowest BCUT2D eigenvalue weighted by atomic mass is 10.2. The maximum absolute atomic E-state index is 12.3. The fraction of sp³-hybridized carbons (Fsp3) is 0.333. The van der Waals surface area contributed by atoms with Gasteiger partial charge in [0.15, 0.2) is 0 Å². The zero-order valence-corrected chi connectivity index (χ0v) is 15.0. The van der Waals surface area contributed by atoms with E-state index in [0.717, 1.165) is 48.8 Å². The molecule has 3 heterocycles. The van der Waals surface area contributed by atoms with Gasteiger partial charge in [0.1, 0.15) is 5.01 Å². The van der Waals surface area contributed by atoms with Gasteiger partial charge in [0.05, 0.1) is 23.2 Å². The van der Waals surface area contributed by atoms with Gasteiger partial charge in [-0.25, -0.2) is 4.98 Å². The molecule has 0 radical (unpaired) electrons. The standard InChI is InChI=1S/C18H19N3OS2/c22-18(11-14-5-10-23-13-14)21-8-6-20(7-9-21)12-17-19-15-3-1-2-4-16(15)24-17/h1-5,10,13H,6-9,11-12H2. The number of fused-ring (bicyclic) bond motifs is 1. The van der Waals surface area contributed by atoms with Gasteiger partial charge in [-0.05, 0) is 34.5 Å². The van der Waals surface area contributed by atoms with Crippen LogP contribution in [0.2, 0.25) is 0 Å². The Balaban J connectivity index is 1.31. The van der Waals surface area contributed by atoms with Crippen LogP contribution in [0.15, 0.2) is 41.1 Å². The SMILES string of the molecule is O=C(Cc1ccsc1)N1CCN(Cc2nc3ccccc3s2)CC1. The van der Waals surface area contributed by atoms with Gasteiger partial charge in [0.2, 0.25) is 5.91 Å². The molecule has 4 nitrogen and oxygen atoms in total. The number of nitrogens with zero attached hydrogens (tertiary/aromatic N) is 3. The first-order chi connectivity index (χ1) is 11.8. The Kier molecular flexibility index (Phi) is 4.60. The van der Waals surface area contributed by atoms with E-state index in [1.165, 1.54) is 4.70 Å². The van der Waals surface area contributed by atoms with E-state index < -0.39 is 0 Å². The normalized spacial score (nSPS) is 15.9. The number of hydrogen-bond donors (Lipinski definition) is 0. The third-order valence-corrected chi connectivity index (χ3v) is 6.11. The van der Waals surface area contributed by atoms with Crippen LogP contribution in [0.3, 0.4) is 0 Å². The lowest BCUT2D eigenvalue weighted by Gasteiger charge is -2.34. The molecular weight excluding hydrogens is 338 g/mol. The molecule has 4 rings (SSSR count). The first-order valence-electron chi connectivity index (χ1n) is 8.13. The molecule has 0 unspecified atom stereocenters. The van der Waals surface area contributed by atoms with Gasteiger partial charge in [-0.2, -0.15) is 11.3 Å². The van der Waals surface area contributed by atoms with Gasteiger partial charge >= 0.3 is 0 Å². The molecule has 0 atom stereocenters. The number of amides is 1. The summed E-state index contributed by atoms with van der Waals surface area (Å²) in [7, 11) is 0. The van der Waals surface area contributed by atoms with Gasteiger partial charge < -0.3 is 4.90 Å². The Morgan fingerprint density at radius 3 is 2.71 bits per heavy atom. The molecule has 0 N–H and O–H groups in total. The van der Waals surface area contributed by atoms with Crippen molar-refractivity contribution in [2.45, 2.75) is 13.0 Å². The Hall–Kier alpha value is -1.76. The zero-order valence-electron chi connectivity index (χ0n) is 13.4. The third kappa shape index (κ3) is 3.50. The third-order valence-electron chi connectivity index (χ3n) is 4.36. The summed E-state index contributed by atoms with van der Waals surface area (Å²) in [6.45, 7) is 4.35. The highest BCUT2D eigenvalue weighted by Crippen LogP contribution is 2.23. The molecule has 1 aromatic carbocycles. The van der Waals surface area contributed by atoms with Crippen LogP contribution in [-0.4, -0.2) is 46.9 Å². The van der Waals surface area contributed by atoms with Crippen LogP contribution in [0, 0.1) is 0 Å². The van der Waals surface area contributed by atoms with E-state index in [2.05, 4.69) is 28.5 Å². The predicted octanol–water partition coefficient (Wildman–Crippen LogP) is 3.24. The summed E-state index contributed by atoms with van der Waals surface area (Å²) in [5, 5.41) is 5.24. The highest BCUT2D eigenvalue weighted by Gasteiger charge is 2.22. The number of thiazole rings is 1. The number of thiophene rings is 1. The minimum atomic E-state index is 0.244. The Morgan fingerprint density at radius 2 is 1.96 bits per heavy atom. The summed E-state index contributed by atoms with van der Waals surface area (Å²) in [4.78, 5) is 21.4. The highest BCUT2D eigenvalue weighted by molar-refractivity contribution is 7.18. The van der Waals surface area contributed by atoms with Crippen molar-refractivity contribution in [3.8, 4) is 0 Å². The predicted molar refractivity (Wildman–Crippen MR) is 99.5 cm³/mol. The van der Waals surface area contributed by atoms with Gasteiger partial charge in [0.25, 0.3) is 0 Å². The first kappa shape index (κ1) is 15.7. The van der Waals surface area contributed by atoms with Crippen LogP contribution >= 0.6 is 22.7 Å². The van der Waals surface area contributed by atoms with Crippen molar-refractivity contribution in [2.24, 2.45) is 0 Å². The van der Waals surface area contributed by atoms with Gasteiger partial charge in [-0.1, -0.05) is 12.1 Å². The zero-order chi connectivity index (χ0) is 16.4. The number of carbonyl (C=O) groups is 1. The number of aromatic nitrogens is 1. The van der Waals surface area contributed by atoms with Gasteiger partial charge in [0, 0.05) is 26.2 Å². The maximum atomic E-state index is 12.3. The fourth-order valence-electron chi connectivity index (χ4n) is 3.01. The topological polar surface area (TPSA) is 36.4 Å². The molecule has 0 aliphatic carbocycles. The fourth-order valence-corrected chi connectivity index (χ4v) is 4.69. The number of carbonyl (C=O) groups excluding carboxylic acids is 1. The van der Waals surface area contributed by atoms with Crippen molar-refractivity contribution < 1.29 is 4.79 Å². The lowest BCUT2D eigenvalue weighted by molar-refractivity contribution is -0.132. The van der Waals surface area contributed by atoms with Crippen molar-refractivity contribution >= 4 is 38.8 Å². The molecule has 1 aliphatic rings. The minimum Gasteiger partial charge on any atom is -0.340 e. The Morgan fingerprint density at radius 1 is 1.12 bits per heavy atom. The molecule has 0 bridgehead atoms. The summed E-state index contributed by atoms with van der Waals surface area (Å²) < 4.78 is 1.25. The highest BCUT2D eigenvalue weighted by atomic mass is 32.1. The Labute approximate surface area is 149 Å². The number of rotatable bonds is 4.